The lowest BCUT2D eigenvalue weighted by atomic mass is 10.2. The normalized spacial score (nSPS) is 26.1. The summed E-state index contributed by atoms with van der Waals surface area (Å²) in [6, 6.07) is 5.00. The van der Waals surface area contributed by atoms with Crippen LogP contribution in [0.5, 0.6) is 0 Å². The molecule has 1 aliphatic rings. The van der Waals surface area contributed by atoms with Crippen LogP contribution in [0.25, 0.3) is 0 Å². The summed E-state index contributed by atoms with van der Waals surface area (Å²) < 4.78 is 0. The molecule has 2 unspecified atom stereocenters. The van der Waals surface area contributed by atoms with Gasteiger partial charge in [-0.2, -0.15) is 0 Å². The molecule has 0 aliphatic heterocycles. The molecule has 0 saturated heterocycles. The van der Waals surface area contributed by atoms with Crippen LogP contribution < -0.4 is 11.1 Å². The smallest absolute Gasteiger partial charge is 0.0516 e. The first-order valence-electron chi connectivity index (χ1n) is 5.12. The van der Waals surface area contributed by atoms with E-state index in [1.807, 2.05) is 0 Å². The van der Waals surface area contributed by atoms with Crippen molar-refractivity contribution >= 4 is 11.3 Å². The summed E-state index contributed by atoms with van der Waals surface area (Å²) in [5, 5.41) is 5.60. The highest BCUT2D eigenvalue weighted by Crippen LogP contribution is 2.44. The molecule has 1 fully saturated rings. The van der Waals surface area contributed by atoms with Gasteiger partial charge < -0.3 is 11.1 Å². The molecule has 2 rings (SSSR count). The van der Waals surface area contributed by atoms with Crippen LogP contribution in [0.3, 0.4) is 0 Å². The second kappa shape index (κ2) is 3.65. The summed E-state index contributed by atoms with van der Waals surface area (Å²) in [4.78, 5) is 1.27. The SMILES string of the molecule is CC1(C)CC1NCC(N)c1cccs1. The lowest BCUT2D eigenvalue weighted by molar-refractivity contribution is 0.518. The van der Waals surface area contributed by atoms with Crippen molar-refractivity contribution in [2.24, 2.45) is 11.1 Å². The Bertz CT molecular complexity index is 292. The molecule has 3 heteroatoms. The maximum atomic E-state index is 6.05. The van der Waals surface area contributed by atoms with Gasteiger partial charge in [0.25, 0.3) is 0 Å². The molecule has 0 radical (unpaired) electrons. The van der Waals surface area contributed by atoms with E-state index in [9.17, 15) is 0 Å². The maximum Gasteiger partial charge on any atom is 0.0516 e. The van der Waals surface area contributed by atoms with Gasteiger partial charge in [0.2, 0.25) is 0 Å². The molecule has 1 heterocycles. The van der Waals surface area contributed by atoms with E-state index in [1.165, 1.54) is 11.3 Å². The van der Waals surface area contributed by atoms with Gasteiger partial charge in [0.05, 0.1) is 6.04 Å². The van der Waals surface area contributed by atoms with Crippen LogP contribution in [0, 0.1) is 5.41 Å². The molecule has 1 saturated carbocycles. The van der Waals surface area contributed by atoms with Gasteiger partial charge in [0.15, 0.2) is 0 Å². The summed E-state index contributed by atoms with van der Waals surface area (Å²) in [7, 11) is 0. The maximum absolute atomic E-state index is 6.05. The zero-order valence-electron chi connectivity index (χ0n) is 8.79. The monoisotopic (exact) mass is 210 g/mol. The van der Waals surface area contributed by atoms with Crippen molar-refractivity contribution in [2.75, 3.05) is 6.54 Å². The van der Waals surface area contributed by atoms with Crippen LogP contribution in [0.15, 0.2) is 17.5 Å². The van der Waals surface area contributed by atoms with E-state index in [-0.39, 0.29) is 6.04 Å². The molecular weight excluding hydrogens is 192 g/mol. The van der Waals surface area contributed by atoms with E-state index in [1.54, 1.807) is 11.3 Å². The van der Waals surface area contributed by atoms with E-state index in [4.69, 9.17) is 5.73 Å². The van der Waals surface area contributed by atoms with Crippen LogP contribution in [0.4, 0.5) is 0 Å². The molecule has 14 heavy (non-hydrogen) atoms. The molecular formula is C11H18N2S. The summed E-state index contributed by atoms with van der Waals surface area (Å²) in [5.74, 6) is 0. The topological polar surface area (TPSA) is 38.0 Å². The van der Waals surface area contributed by atoms with E-state index in [0.29, 0.717) is 11.5 Å². The van der Waals surface area contributed by atoms with Crippen LogP contribution in [-0.4, -0.2) is 12.6 Å². The second-order valence-electron chi connectivity index (χ2n) is 4.78. The Morgan fingerprint density at radius 2 is 2.43 bits per heavy atom. The van der Waals surface area contributed by atoms with Gasteiger partial charge in [-0.05, 0) is 23.3 Å². The molecule has 1 aliphatic carbocycles. The quantitative estimate of drug-likeness (QED) is 0.799. The Labute approximate surface area is 89.5 Å². The van der Waals surface area contributed by atoms with Gasteiger partial charge in [0.1, 0.15) is 0 Å². The van der Waals surface area contributed by atoms with Gasteiger partial charge >= 0.3 is 0 Å². The first kappa shape index (κ1) is 10.1. The molecule has 2 nitrogen and oxygen atoms in total. The highest BCUT2D eigenvalue weighted by molar-refractivity contribution is 7.10. The van der Waals surface area contributed by atoms with Crippen molar-refractivity contribution in [3.05, 3.63) is 22.4 Å². The number of nitrogens with two attached hydrogens (primary N) is 1. The van der Waals surface area contributed by atoms with Crippen molar-refractivity contribution < 1.29 is 0 Å². The van der Waals surface area contributed by atoms with Crippen LogP contribution in [0.1, 0.15) is 31.2 Å². The van der Waals surface area contributed by atoms with Crippen LogP contribution in [-0.2, 0) is 0 Å². The number of rotatable bonds is 4. The Balaban J connectivity index is 1.77. The van der Waals surface area contributed by atoms with E-state index in [0.717, 1.165) is 6.54 Å². The molecule has 0 amide bonds. The number of thiophene rings is 1. The van der Waals surface area contributed by atoms with Crippen molar-refractivity contribution in [3.63, 3.8) is 0 Å². The number of hydrogen-bond acceptors (Lipinski definition) is 3. The third-order valence-electron chi connectivity index (χ3n) is 3.01. The van der Waals surface area contributed by atoms with Gasteiger partial charge in [-0.15, -0.1) is 11.3 Å². The highest BCUT2D eigenvalue weighted by atomic mass is 32.1. The first-order valence-corrected chi connectivity index (χ1v) is 6.00. The van der Waals surface area contributed by atoms with Crippen LogP contribution in [0.2, 0.25) is 0 Å². The predicted molar refractivity (Wildman–Crippen MR) is 61.4 cm³/mol. The largest absolute Gasteiger partial charge is 0.322 e. The zero-order chi connectivity index (χ0) is 10.2. The fourth-order valence-electron chi connectivity index (χ4n) is 1.69. The molecule has 2 atom stereocenters. The minimum Gasteiger partial charge on any atom is -0.322 e. The van der Waals surface area contributed by atoms with Crippen molar-refractivity contribution in [1.82, 2.24) is 5.32 Å². The summed E-state index contributed by atoms with van der Waals surface area (Å²) in [6.07, 6.45) is 1.28. The predicted octanol–water partition coefficient (Wildman–Crippen LogP) is 2.14. The fourth-order valence-corrected chi connectivity index (χ4v) is 2.42. The molecule has 78 valence electrons. The Hall–Kier alpha value is -0.380. The molecule has 1 aromatic rings. The molecule has 1 aromatic heterocycles. The Morgan fingerprint density at radius 3 is 2.93 bits per heavy atom. The van der Waals surface area contributed by atoms with Crippen LogP contribution >= 0.6 is 11.3 Å². The van der Waals surface area contributed by atoms with Gasteiger partial charge in [-0.1, -0.05) is 19.9 Å². The molecule has 3 N–H and O–H groups in total. The van der Waals surface area contributed by atoms with Gasteiger partial charge in [-0.25, -0.2) is 0 Å². The third-order valence-corrected chi connectivity index (χ3v) is 4.01. The zero-order valence-corrected chi connectivity index (χ0v) is 9.60. The average molecular weight is 210 g/mol. The second-order valence-corrected chi connectivity index (χ2v) is 5.75. The Kier molecular flexibility index (Phi) is 2.64. The molecule has 0 spiro atoms. The van der Waals surface area contributed by atoms with Crippen molar-refractivity contribution in [2.45, 2.75) is 32.4 Å². The lowest BCUT2D eigenvalue weighted by Crippen LogP contribution is -2.29. The van der Waals surface area contributed by atoms with Crippen molar-refractivity contribution in [3.8, 4) is 0 Å². The number of hydrogen-bond donors (Lipinski definition) is 2. The molecule has 0 bridgehead atoms. The van der Waals surface area contributed by atoms with E-state index >= 15 is 0 Å². The number of nitrogens with one attached hydrogen (secondary N) is 1. The Morgan fingerprint density at radius 1 is 1.71 bits per heavy atom. The summed E-state index contributed by atoms with van der Waals surface area (Å²) in [6.45, 7) is 5.48. The standard InChI is InChI=1S/C11H18N2S/c1-11(2)6-10(11)13-7-8(12)9-4-3-5-14-9/h3-5,8,10,13H,6-7,12H2,1-2H3. The third kappa shape index (κ3) is 2.16. The minimum atomic E-state index is 0.159. The van der Waals surface area contributed by atoms with Crippen molar-refractivity contribution in [1.29, 1.82) is 0 Å². The average Bonchev–Trinajstić information content (AvgIpc) is 2.58. The summed E-state index contributed by atoms with van der Waals surface area (Å²) in [5.41, 5.74) is 6.55. The van der Waals surface area contributed by atoms with Gasteiger partial charge in [0, 0.05) is 17.5 Å². The minimum absolute atomic E-state index is 0.159. The highest BCUT2D eigenvalue weighted by Gasteiger charge is 2.45. The molecule has 0 aromatic carbocycles. The fraction of sp³-hybridized carbons (Fsp3) is 0.636. The lowest BCUT2D eigenvalue weighted by Gasteiger charge is -2.11. The van der Waals surface area contributed by atoms with E-state index < -0.39 is 0 Å². The van der Waals surface area contributed by atoms with E-state index in [2.05, 4.69) is 36.7 Å². The first-order chi connectivity index (χ1) is 6.59. The van der Waals surface area contributed by atoms with Gasteiger partial charge in [-0.3, -0.25) is 0 Å². The summed E-state index contributed by atoms with van der Waals surface area (Å²) >= 11 is 1.74.